The molecule has 3 N–H and O–H groups in total. The largest absolute Gasteiger partial charge is 0.353 e. The standard InChI is InChI=1S/C8H10Cl2F2N4/c1-16(3-6(11)12)8-5(10)2-4(9)7(14-8)15-13/h2,6H,3,13H2,1H3,(H,14,15). The summed E-state index contributed by atoms with van der Waals surface area (Å²) in [6.07, 6.45) is -2.48. The number of halogens is 4. The van der Waals surface area contributed by atoms with Crippen LogP contribution in [0.4, 0.5) is 20.4 Å². The fraction of sp³-hybridized carbons (Fsp3) is 0.375. The quantitative estimate of drug-likeness (QED) is 0.652. The number of aromatic nitrogens is 1. The molecule has 0 aliphatic heterocycles. The van der Waals surface area contributed by atoms with E-state index in [9.17, 15) is 8.78 Å². The molecule has 0 atom stereocenters. The van der Waals surface area contributed by atoms with E-state index >= 15 is 0 Å². The summed E-state index contributed by atoms with van der Waals surface area (Å²) in [6, 6.07) is 1.39. The maximum Gasteiger partial charge on any atom is 0.255 e. The lowest BCUT2D eigenvalue weighted by atomic mass is 10.4. The molecule has 0 aliphatic carbocycles. The summed E-state index contributed by atoms with van der Waals surface area (Å²) in [4.78, 5) is 5.16. The molecule has 0 fully saturated rings. The minimum Gasteiger partial charge on any atom is -0.353 e. The Kier molecular flexibility index (Phi) is 4.52. The number of nitrogens with zero attached hydrogens (tertiary/aromatic N) is 2. The SMILES string of the molecule is CN(CC(F)F)c1nc(NN)c(Cl)cc1Cl. The van der Waals surface area contributed by atoms with Gasteiger partial charge in [-0.3, -0.25) is 0 Å². The summed E-state index contributed by atoms with van der Waals surface area (Å²) in [6.45, 7) is -0.474. The van der Waals surface area contributed by atoms with E-state index in [1.807, 2.05) is 0 Å². The van der Waals surface area contributed by atoms with Crippen molar-refractivity contribution in [3.8, 4) is 0 Å². The summed E-state index contributed by atoms with van der Waals surface area (Å²) in [5.41, 5.74) is 2.26. The first kappa shape index (κ1) is 13.2. The number of hydrazine groups is 1. The third kappa shape index (κ3) is 3.07. The van der Waals surface area contributed by atoms with Crippen LogP contribution in [0.15, 0.2) is 6.07 Å². The van der Waals surface area contributed by atoms with Gasteiger partial charge in [0.15, 0.2) is 5.82 Å². The molecular formula is C8H10Cl2F2N4. The Labute approximate surface area is 101 Å². The maximum atomic E-state index is 12.2. The van der Waals surface area contributed by atoms with Crippen LogP contribution in [-0.2, 0) is 0 Å². The Morgan fingerprint density at radius 1 is 1.50 bits per heavy atom. The van der Waals surface area contributed by atoms with Gasteiger partial charge < -0.3 is 10.3 Å². The minimum absolute atomic E-state index is 0.183. The lowest BCUT2D eigenvalue weighted by Gasteiger charge is -2.19. The van der Waals surface area contributed by atoms with E-state index in [0.29, 0.717) is 0 Å². The van der Waals surface area contributed by atoms with Crippen LogP contribution in [0.25, 0.3) is 0 Å². The molecule has 0 amide bonds. The van der Waals surface area contributed by atoms with Gasteiger partial charge in [-0.25, -0.2) is 19.6 Å². The topological polar surface area (TPSA) is 54.2 Å². The Balaban J connectivity index is 3.03. The van der Waals surface area contributed by atoms with E-state index in [-0.39, 0.29) is 21.7 Å². The van der Waals surface area contributed by atoms with Gasteiger partial charge in [-0.1, -0.05) is 23.2 Å². The van der Waals surface area contributed by atoms with Crippen LogP contribution in [0.5, 0.6) is 0 Å². The van der Waals surface area contributed by atoms with Crippen LogP contribution >= 0.6 is 23.2 Å². The lowest BCUT2D eigenvalue weighted by molar-refractivity contribution is 0.156. The van der Waals surface area contributed by atoms with Gasteiger partial charge in [0.05, 0.1) is 16.6 Å². The molecule has 0 aromatic carbocycles. The summed E-state index contributed by atoms with van der Waals surface area (Å²) in [5, 5.41) is 0.411. The van der Waals surface area contributed by atoms with Crippen molar-refractivity contribution in [2.45, 2.75) is 6.43 Å². The number of pyridine rings is 1. The zero-order chi connectivity index (χ0) is 12.3. The molecule has 1 heterocycles. The molecule has 8 heteroatoms. The van der Waals surface area contributed by atoms with Crippen molar-refractivity contribution in [3.63, 3.8) is 0 Å². The number of rotatable bonds is 4. The Morgan fingerprint density at radius 2 is 2.12 bits per heavy atom. The molecule has 4 nitrogen and oxygen atoms in total. The van der Waals surface area contributed by atoms with Gasteiger partial charge in [-0.2, -0.15) is 0 Å². The number of nitrogens with one attached hydrogen (secondary N) is 1. The highest BCUT2D eigenvalue weighted by atomic mass is 35.5. The summed E-state index contributed by atoms with van der Waals surface area (Å²) >= 11 is 11.6. The molecular weight excluding hydrogens is 261 g/mol. The molecule has 0 saturated heterocycles. The Morgan fingerprint density at radius 3 is 2.62 bits per heavy atom. The number of alkyl halides is 2. The molecule has 1 rings (SSSR count). The summed E-state index contributed by atoms with van der Waals surface area (Å²) < 4.78 is 24.4. The molecule has 0 saturated carbocycles. The zero-order valence-corrected chi connectivity index (χ0v) is 9.86. The first-order valence-electron chi connectivity index (χ1n) is 4.27. The number of nitrogens with two attached hydrogens (primary N) is 1. The van der Waals surface area contributed by atoms with E-state index in [1.165, 1.54) is 18.0 Å². The van der Waals surface area contributed by atoms with Crippen LogP contribution < -0.4 is 16.2 Å². The van der Waals surface area contributed by atoms with Gasteiger partial charge in [0.2, 0.25) is 0 Å². The monoisotopic (exact) mass is 270 g/mol. The number of hydrogen-bond acceptors (Lipinski definition) is 4. The predicted octanol–water partition coefficient (Wildman–Crippen LogP) is 2.38. The van der Waals surface area contributed by atoms with Gasteiger partial charge in [0.25, 0.3) is 6.43 Å². The van der Waals surface area contributed by atoms with E-state index < -0.39 is 13.0 Å². The first-order valence-corrected chi connectivity index (χ1v) is 5.03. The van der Waals surface area contributed by atoms with Crippen LogP contribution in [0.1, 0.15) is 0 Å². The molecule has 0 spiro atoms. The highest BCUT2D eigenvalue weighted by molar-refractivity contribution is 6.37. The fourth-order valence-electron chi connectivity index (χ4n) is 1.12. The van der Waals surface area contributed by atoms with Crippen LogP contribution in [-0.4, -0.2) is 25.0 Å². The van der Waals surface area contributed by atoms with Crippen LogP contribution in [0, 0.1) is 0 Å². The summed E-state index contributed by atoms with van der Waals surface area (Å²) in [7, 11) is 1.45. The summed E-state index contributed by atoms with van der Waals surface area (Å²) in [5.74, 6) is 5.54. The van der Waals surface area contributed by atoms with Crippen molar-refractivity contribution in [1.82, 2.24) is 4.98 Å². The van der Waals surface area contributed by atoms with Gasteiger partial charge in [-0.15, -0.1) is 0 Å². The second-order valence-electron chi connectivity index (χ2n) is 3.04. The number of nitrogen functional groups attached to an aromatic ring is 1. The molecule has 0 radical (unpaired) electrons. The van der Waals surface area contributed by atoms with Crippen molar-refractivity contribution in [1.29, 1.82) is 0 Å². The average molecular weight is 271 g/mol. The highest BCUT2D eigenvalue weighted by Crippen LogP contribution is 2.30. The maximum absolute atomic E-state index is 12.2. The van der Waals surface area contributed by atoms with Crippen molar-refractivity contribution < 1.29 is 8.78 Å². The van der Waals surface area contributed by atoms with Crippen molar-refractivity contribution in [2.75, 3.05) is 23.9 Å². The molecule has 1 aromatic heterocycles. The van der Waals surface area contributed by atoms with Crippen LogP contribution in [0.3, 0.4) is 0 Å². The Hall–Kier alpha value is -0.850. The molecule has 90 valence electrons. The third-order valence-electron chi connectivity index (χ3n) is 1.82. The van der Waals surface area contributed by atoms with Crippen molar-refractivity contribution in [3.05, 3.63) is 16.1 Å². The molecule has 1 aromatic rings. The van der Waals surface area contributed by atoms with Gasteiger partial charge in [0, 0.05) is 7.05 Å². The van der Waals surface area contributed by atoms with E-state index in [4.69, 9.17) is 29.0 Å². The van der Waals surface area contributed by atoms with Crippen molar-refractivity contribution >= 4 is 34.8 Å². The first-order chi connectivity index (χ1) is 7.45. The van der Waals surface area contributed by atoms with Gasteiger partial charge >= 0.3 is 0 Å². The average Bonchev–Trinajstić information content (AvgIpc) is 2.16. The van der Waals surface area contributed by atoms with E-state index in [2.05, 4.69) is 10.4 Å². The lowest BCUT2D eigenvalue weighted by Crippen LogP contribution is -2.25. The number of hydrogen-bond donors (Lipinski definition) is 2. The van der Waals surface area contributed by atoms with E-state index in [1.54, 1.807) is 0 Å². The van der Waals surface area contributed by atoms with Gasteiger partial charge in [-0.05, 0) is 6.07 Å². The minimum atomic E-state index is -2.48. The molecule has 16 heavy (non-hydrogen) atoms. The van der Waals surface area contributed by atoms with Crippen molar-refractivity contribution in [2.24, 2.45) is 5.84 Å². The predicted molar refractivity (Wildman–Crippen MR) is 61.3 cm³/mol. The molecule has 0 unspecified atom stereocenters. The fourth-order valence-corrected chi connectivity index (χ4v) is 1.68. The van der Waals surface area contributed by atoms with Crippen LogP contribution in [0.2, 0.25) is 10.0 Å². The highest BCUT2D eigenvalue weighted by Gasteiger charge is 2.15. The third-order valence-corrected chi connectivity index (χ3v) is 2.39. The zero-order valence-electron chi connectivity index (χ0n) is 8.35. The smallest absolute Gasteiger partial charge is 0.255 e. The number of anilines is 2. The normalized spacial score (nSPS) is 10.7. The Bertz CT molecular complexity index is 375. The molecule has 0 bridgehead atoms. The molecule has 0 aliphatic rings. The second-order valence-corrected chi connectivity index (χ2v) is 3.85. The van der Waals surface area contributed by atoms with Gasteiger partial charge in [0.1, 0.15) is 5.82 Å². The van der Waals surface area contributed by atoms with E-state index in [0.717, 1.165) is 0 Å². The second kappa shape index (κ2) is 5.47.